The summed E-state index contributed by atoms with van der Waals surface area (Å²) in [7, 11) is -3.81. The molecule has 0 aliphatic heterocycles. The van der Waals surface area contributed by atoms with Crippen LogP contribution in [0.4, 0.5) is 0 Å². The lowest BCUT2D eigenvalue weighted by Crippen LogP contribution is -2.15. The van der Waals surface area contributed by atoms with Gasteiger partial charge in [0.1, 0.15) is 6.61 Å². The van der Waals surface area contributed by atoms with Crippen molar-refractivity contribution in [2.75, 3.05) is 0 Å². The summed E-state index contributed by atoms with van der Waals surface area (Å²) in [6.07, 6.45) is 0. The van der Waals surface area contributed by atoms with E-state index in [4.69, 9.17) is 0 Å². The van der Waals surface area contributed by atoms with Crippen LogP contribution in [0.5, 0.6) is 0 Å². The second-order valence-electron chi connectivity index (χ2n) is 2.27. The molecule has 0 amide bonds. The van der Waals surface area contributed by atoms with Crippen LogP contribution < -0.4 is 5.14 Å². The maximum atomic E-state index is 10.4. The first kappa shape index (κ1) is 9.66. The Bertz CT molecular complexity index is 355. The quantitative estimate of drug-likeness (QED) is 0.796. The Morgan fingerprint density at radius 1 is 1.58 bits per heavy atom. The molecule has 0 spiro atoms. The lowest BCUT2D eigenvalue weighted by atomic mass is 10.4. The van der Waals surface area contributed by atoms with E-state index in [-0.39, 0.29) is 6.61 Å². The van der Waals surface area contributed by atoms with Crippen molar-refractivity contribution in [3.8, 4) is 0 Å². The first-order valence-corrected chi connectivity index (χ1v) is 5.48. The van der Waals surface area contributed by atoms with Crippen LogP contribution in [0.2, 0.25) is 0 Å². The molecule has 6 heteroatoms. The van der Waals surface area contributed by atoms with E-state index >= 15 is 0 Å². The van der Waals surface area contributed by atoms with Crippen molar-refractivity contribution in [3.63, 3.8) is 0 Å². The van der Waals surface area contributed by atoms with Crippen LogP contribution in [0.25, 0.3) is 0 Å². The largest absolute Gasteiger partial charge is 0.333 e. The van der Waals surface area contributed by atoms with E-state index < -0.39 is 10.3 Å². The van der Waals surface area contributed by atoms with Gasteiger partial charge in [-0.3, -0.25) is 4.18 Å². The van der Waals surface area contributed by atoms with Crippen molar-refractivity contribution >= 4 is 21.6 Å². The molecule has 0 aliphatic rings. The van der Waals surface area contributed by atoms with Crippen LogP contribution in [0.15, 0.2) is 12.1 Å². The minimum Gasteiger partial charge on any atom is -0.253 e. The molecule has 1 aromatic heterocycles. The summed E-state index contributed by atoms with van der Waals surface area (Å²) in [6, 6.07) is 3.71. The van der Waals surface area contributed by atoms with Gasteiger partial charge in [0.05, 0.1) is 0 Å². The zero-order chi connectivity index (χ0) is 9.19. The van der Waals surface area contributed by atoms with Gasteiger partial charge in [-0.2, -0.15) is 8.42 Å². The third-order valence-corrected chi connectivity index (χ3v) is 2.58. The Morgan fingerprint density at radius 2 is 2.25 bits per heavy atom. The van der Waals surface area contributed by atoms with Gasteiger partial charge in [0.25, 0.3) is 0 Å². The van der Waals surface area contributed by atoms with Crippen LogP contribution in [-0.4, -0.2) is 8.42 Å². The van der Waals surface area contributed by atoms with E-state index in [0.717, 1.165) is 9.75 Å². The van der Waals surface area contributed by atoms with E-state index in [2.05, 4.69) is 9.32 Å². The van der Waals surface area contributed by atoms with Crippen LogP contribution in [0.3, 0.4) is 0 Å². The third kappa shape index (κ3) is 3.31. The SMILES string of the molecule is Cc1ccc(COS(N)(=O)=O)s1. The smallest absolute Gasteiger partial charge is 0.253 e. The van der Waals surface area contributed by atoms with E-state index in [0.29, 0.717) is 0 Å². The molecule has 1 rings (SSSR count). The zero-order valence-corrected chi connectivity index (χ0v) is 8.11. The van der Waals surface area contributed by atoms with Crippen LogP contribution >= 0.6 is 11.3 Å². The van der Waals surface area contributed by atoms with Crippen LogP contribution in [-0.2, 0) is 21.1 Å². The van der Waals surface area contributed by atoms with Gasteiger partial charge in [-0.25, -0.2) is 5.14 Å². The fourth-order valence-corrected chi connectivity index (χ4v) is 1.87. The molecular formula is C6H9NO3S2. The molecule has 0 fully saturated rings. The fraction of sp³-hybridized carbons (Fsp3) is 0.333. The number of nitrogens with two attached hydrogens (primary N) is 1. The molecule has 68 valence electrons. The lowest BCUT2D eigenvalue weighted by Gasteiger charge is -1.96. The van der Waals surface area contributed by atoms with Gasteiger partial charge in [0, 0.05) is 9.75 Å². The molecule has 0 saturated carbocycles. The number of hydrogen-bond donors (Lipinski definition) is 1. The molecule has 2 N–H and O–H groups in total. The summed E-state index contributed by atoms with van der Waals surface area (Å²) >= 11 is 1.48. The molecule has 4 nitrogen and oxygen atoms in total. The highest BCUT2D eigenvalue weighted by Crippen LogP contribution is 2.15. The molecule has 1 aromatic rings. The average molecular weight is 207 g/mol. The highest BCUT2D eigenvalue weighted by molar-refractivity contribution is 7.84. The van der Waals surface area contributed by atoms with Crippen molar-refractivity contribution in [2.45, 2.75) is 13.5 Å². The minimum atomic E-state index is -3.81. The summed E-state index contributed by atoms with van der Waals surface area (Å²) in [5.41, 5.74) is 0. The highest BCUT2D eigenvalue weighted by atomic mass is 32.2. The average Bonchev–Trinajstić information content (AvgIpc) is 2.30. The summed E-state index contributed by atoms with van der Waals surface area (Å²) < 4.78 is 25.1. The van der Waals surface area contributed by atoms with E-state index in [1.54, 1.807) is 0 Å². The standard InChI is InChI=1S/C6H9NO3S2/c1-5-2-3-6(11-5)4-10-12(7,8)9/h2-3H,4H2,1H3,(H2,7,8,9). The molecule has 0 unspecified atom stereocenters. The predicted molar refractivity (Wildman–Crippen MR) is 47.0 cm³/mol. The second kappa shape index (κ2) is 3.53. The third-order valence-electron chi connectivity index (χ3n) is 1.16. The Morgan fingerprint density at radius 3 is 2.67 bits per heavy atom. The van der Waals surface area contributed by atoms with Gasteiger partial charge >= 0.3 is 10.3 Å². The molecule has 0 atom stereocenters. The van der Waals surface area contributed by atoms with Gasteiger partial charge in [0.15, 0.2) is 0 Å². The normalized spacial score (nSPS) is 11.8. The predicted octanol–water partition coefficient (Wildman–Crippen LogP) is 0.777. The molecular weight excluding hydrogens is 198 g/mol. The summed E-state index contributed by atoms with van der Waals surface area (Å²) in [5.74, 6) is 0. The lowest BCUT2D eigenvalue weighted by molar-refractivity contribution is 0.312. The van der Waals surface area contributed by atoms with Crippen LogP contribution in [0.1, 0.15) is 9.75 Å². The molecule has 0 aliphatic carbocycles. The van der Waals surface area contributed by atoms with Gasteiger partial charge in [-0.1, -0.05) is 0 Å². The molecule has 1 heterocycles. The Balaban J connectivity index is 2.55. The maximum Gasteiger partial charge on any atom is 0.333 e. The maximum absolute atomic E-state index is 10.4. The molecule has 12 heavy (non-hydrogen) atoms. The first-order valence-electron chi connectivity index (χ1n) is 3.20. The van der Waals surface area contributed by atoms with Crippen molar-refractivity contribution < 1.29 is 12.6 Å². The number of thiophene rings is 1. The van der Waals surface area contributed by atoms with E-state index in [1.165, 1.54) is 11.3 Å². The molecule has 0 saturated heterocycles. The fourth-order valence-electron chi connectivity index (χ4n) is 0.703. The summed E-state index contributed by atoms with van der Waals surface area (Å²) in [6.45, 7) is 1.96. The number of aryl methyl sites for hydroxylation is 1. The Labute approximate surface area is 75.2 Å². The summed E-state index contributed by atoms with van der Waals surface area (Å²) in [4.78, 5) is 1.96. The first-order chi connectivity index (χ1) is 5.47. The monoisotopic (exact) mass is 207 g/mol. The van der Waals surface area contributed by atoms with Crippen molar-refractivity contribution in [1.29, 1.82) is 0 Å². The molecule has 0 radical (unpaired) electrons. The summed E-state index contributed by atoms with van der Waals surface area (Å²) in [5, 5.41) is 4.64. The highest BCUT2D eigenvalue weighted by Gasteiger charge is 2.03. The van der Waals surface area contributed by atoms with Crippen molar-refractivity contribution in [2.24, 2.45) is 5.14 Å². The second-order valence-corrected chi connectivity index (χ2v) is 4.86. The Kier molecular flexibility index (Phi) is 2.84. The van der Waals surface area contributed by atoms with Crippen LogP contribution in [0, 0.1) is 6.92 Å². The van der Waals surface area contributed by atoms with Gasteiger partial charge in [-0.05, 0) is 19.1 Å². The van der Waals surface area contributed by atoms with E-state index in [1.807, 2.05) is 19.1 Å². The number of rotatable bonds is 3. The van der Waals surface area contributed by atoms with E-state index in [9.17, 15) is 8.42 Å². The zero-order valence-electron chi connectivity index (χ0n) is 6.48. The minimum absolute atomic E-state index is 0.0251. The van der Waals surface area contributed by atoms with Gasteiger partial charge in [0.2, 0.25) is 0 Å². The van der Waals surface area contributed by atoms with Crippen molar-refractivity contribution in [1.82, 2.24) is 0 Å². The molecule has 0 aromatic carbocycles. The van der Waals surface area contributed by atoms with Gasteiger partial charge < -0.3 is 0 Å². The topological polar surface area (TPSA) is 69.4 Å². The molecule has 0 bridgehead atoms. The van der Waals surface area contributed by atoms with Crippen molar-refractivity contribution in [3.05, 3.63) is 21.9 Å². The van der Waals surface area contributed by atoms with Gasteiger partial charge in [-0.15, -0.1) is 11.3 Å². The Hall–Kier alpha value is -0.430. The number of hydrogen-bond acceptors (Lipinski definition) is 4.